The van der Waals surface area contributed by atoms with E-state index in [2.05, 4.69) is 42.9 Å². The van der Waals surface area contributed by atoms with E-state index in [1.165, 1.54) is 5.56 Å². The predicted molar refractivity (Wildman–Crippen MR) is 71.3 cm³/mol. The third-order valence-electron chi connectivity index (χ3n) is 2.73. The van der Waals surface area contributed by atoms with E-state index in [1.54, 1.807) is 0 Å². The Morgan fingerprint density at radius 2 is 1.82 bits per heavy atom. The van der Waals surface area contributed by atoms with Gasteiger partial charge in [-0.1, -0.05) is 38.1 Å². The Morgan fingerprint density at radius 1 is 1.12 bits per heavy atom. The van der Waals surface area contributed by atoms with Crippen molar-refractivity contribution in [1.82, 2.24) is 9.97 Å². The summed E-state index contributed by atoms with van der Waals surface area (Å²) in [5.74, 6) is 0.346. The molecule has 1 aromatic carbocycles. The highest BCUT2D eigenvalue weighted by Gasteiger charge is 2.09. The molecule has 0 saturated carbocycles. The maximum Gasteiger partial charge on any atom is 0.223 e. The second-order valence-electron chi connectivity index (χ2n) is 4.42. The molecule has 2 aromatic rings. The van der Waals surface area contributed by atoms with Gasteiger partial charge in [0.05, 0.1) is 5.69 Å². The molecule has 0 aliphatic rings. The number of halogens is 1. The van der Waals surface area contributed by atoms with Gasteiger partial charge in [0.2, 0.25) is 5.28 Å². The number of nitrogens with zero attached hydrogens (tertiary/aromatic N) is 2. The molecule has 1 heterocycles. The van der Waals surface area contributed by atoms with Crippen LogP contribution in [0.1, 0.15) is 31.0 Å². The fourth-order valence-electron chi connectivity index (χ4n) is 1.73. The second kappa shape index (κ2) is 4.84. The molecule has 17 heavy (non-hydrogen) atoms. The van der Waals surface area contributed by atoms with Gasteiger partial charge in [-0.25, -0.2) is 9.97 Å². The SMILES string of the molecule is Cc1ccccc1-c1cc(C(C)C)nc(Cl)n1. The number of rotatable bonds is 2. The Labute approximate surface area is 107 Å². The molecule has 0 amide bonds. The van der Waals surface area contributed by atoms with Crippen molar-refractivity contribution in [3.8, 4) is 11.3 Å². The summed E-state index contributed by atoms with van der Waals surface area (Å²) in [6, 6.07) is 10.2. The van der Waals surface area contributed by atoms with Crippen molar-refractivity contribution in [3.05, 3.63) is 46.9 Å². The predicted octanol–water partition coefficient (Wildman–Crippen LogP) is 4.23. The highest BCUT2D eigenvalue weighted by atomic mass is 35.5. The summed E-state index contributed by atoms with van der Waals surface area (Å²) in [4.78, 5) is 8.54. The number of benzene rings is 1. The lowest BCUT2D eigenvalue weighted by Crippen LogP contribution is -1.97. The lowest BCUT2D eigenvalue weighted by molar-refractivity contribution is 0.815. The lowest BCUT2D eigenvalue weighted by atomic mass is 10.0. The minimum atomic E-state index is 0.314. The van der Waals surface area contributed by atoms with E-state index in [4.69, 9.17) is 11.6 Å². The number of aryl methyl sites for hydroxylation is 1. The maximum absolute atomic E-state index is 5.97. The summed E-state index contributed by atoms with van der Waals surface area (Å²) in [6.45, 7) is 6.26. The monoisotopic (exact) mass is 246 g/mol. The maximum atomic E-state index is 5.97. The van der Waals surface area contributed by atoms with E-state index in [-0.39, 0.29) is 0 Å². The zero-order chi connectivity index (χ0) is 12.4. The molecule has 0 bridgehead atoms. The average Bonchev–Trinajstić information content (AvgIpc) is 2.28. The van der Waals surface area contributed by atoms with Crippen LogP contribution in [-0.2, 0) is 0 Å². The molecule has 0 aliphatic heterocycles. The quantitative estimate of drug-likeness (QED) is 0.741. The van der Waals surface area contributed by atoms with Crippen molar-refractivity contribution in [2.75, 3.05) is 0 Å². The van der Waals surface area contributed by atoms with Crippen molar-refractivity contribution < 1.29 is 0 Å². The van der Waals surface area contributed by atoms with Crippen LogP contribution in [0.15, 0.2) is 30.3 Å². The Bertz CT molecular complexity index is 535. The van der Waals surface area contributed by atoms with Gasteiger partial charge in [0, 0.05) is 11.3 Å². The van der Waals surface area contributed by atoms with Crippen LogP contribution in [0, 0.1) is 6.92 Å². The number of hydrogen-bond donors (Lipinski definition) is 0. The molecule has 2 rings (SSSR count). The van der Waals surface area contributed by atoms with Crippen molar-refractivity contribution in [1.29, 1.82) is 0 Å². The summed E-state index contributed by atoms with van der Waals surface area (Å²) in [6.07, 6.45) is 0. The molecular weight excluding hydrogens is 232 g/mol. The molecule has 0 N–H and O–H groups in total. The first-order valence-corrected chi connectivity index (χ1v) is 6.06. The minimum absolute atomic E-state index is 0.314. The van der Waals surface area contributed by atoms with E-state index in [0.29, 0.717) is 11.2 Å². The number of hydrogen-bond acceptors (Lipinski definition) is 2. The third-order valence-corrected chi connectivity index (χ3v) is 2.90. The molecular formula is C14H15ClN2. The topological polar surface area (TPSA) is 25.8 Å². The molecule has 88 valence electrons. The van der Waals surface area contributed by atoms with Gasteiger partial charge in [-0.2, -0.15) is 0 Å². The highest BCUT2D eigenvalue weighted by molar-refractivity contribution is 6.28. The van der Waals surface area contributed by atoms with Crippen LogP contribution in [0.5, 0.6) is 0 Å². The molecule has 2 nitrogen and oxygen atoms in total. The normalized spacial score (nSPS) is 10.9. The van der Waals surface area contributed by atoms with Crippen molar-refractivity contribution in [3.63, 3.8) is 0 Å². The zero-order valence-electron chi connectivity index (χ0n) is 10.2. The second-order valence-corrected chi connectivity index (χ2v) is 4.75. The Kier molecular flexibility index (Phi) is 3.43. The van der Waals surface area contributed by atoms with Gasteiger partial charge < -0.3 is 0 Å². The standard InChI is InChI=1S/C14H15ClN2/c1-9(2)12-8-13(17-14(15)16-12)11-7-5-4-6-10(11)3/h4-9H,1-3H3. The molecule has 0 fully saturated rings. The zero-order valence-corrected chi connectivity index (χ0v) is 11.0. The van der Waals surface area contributed by atoms with E-state index in [9.17, 15) is 0 Å². The molecule has 0 unspecified atom stereocenters. The van der Waals surface area contributed by atoms with Crippen molar-refractivity contribution >= 4 is 11.6 Å². The summed E-state index contributed by atoms with van der Waals surface area (Å²) in [7, 11) is 0. The smallest absolute Gasteiger partial charge is 0.223 e. The van der Waals surface area contributed by atoms with E-state index < -0.39 is 0 Å². The van der Waals surface area contributed by atoms with Crippen molar-refractivity contribution in [2.45, 2.75) is 26.7 Å². The first-order chi connectivity index (χ1) is 8.08. The fourth-order valence-corrected chi connectivity index (χ4v) is 1.92. The summed E-state index contributed by atoms with van der Waals surface area (Å²) >= 11 is 5.97. The van der Waals surface area contributed by atoms with Crippen LogP contribution in [-0.4, -0.2) is 9.97 Å². The average molecular weight is 247 g/mol. The minimum Gasteiger partial charge on any atom is -0.223 e. The highest BCUT2D eigenvalue weighted by Crippen LogP contribution is 2.25. The van der Waals surface area contributed by atoms with E-state index in [1.807, 2.05) is 18.2 Å². The van der Waals surface area contributed by atoms with Gasteiger partial charge in [-0.05, 0) is 36.1 Å². The van der Waals surface area contributed by atoms with Crippen LogP contribution in [0.25, 0.3) is 11.3 Å². The molecule has 0 atom stereocenters. The van der Waals surface area contributed by atoms with Crippen LogP contribution >= 0.6 is 11.6 Å². The largest absolute Gasteiger partial charge is 0.223 e. The van der Waals surface area contributed by atoms with Gasteiger partial charge in [-0.15, -0.1) is 0 Å². The molecule has 1 aromatic heterocycles. The van der Waals surface area contributed by atoms with Crippen LogP contribution in [0.4, 0.5) is 0 Å². The molecule has 0 radical (unpaired) electrons. The third kappa shape index (κ3) is 2.64. The molecule has 0 saturated heterocycles. The first kappa shape index (κ1) is 12.1. The lowest BCUT2D eigenvalue weighted by Gasteiger charge is -2.09. The van der Waals surface area contributed by atoms with E-state index >= 15 is 0 Å². The Hall–Kier alpha value is -1.41. The molecule has 0 aliphatic carbocycles. The van der Waals surface area contributed by atoms with Crippen LogP contribution in [0.2, 0.25) is 5.28 Å². The van der Waals surface area contributed by atoms with Crippen LogP contribution in [0.3, 0.4) is 0 Å². The molecule has 3 heteroatoms. The van der Waals surface area contributed by atoms with Gasteiger partial charge in [0.1, 0.15) is 0 Å². The Balaban J connectivity index is 2.56. The van der Waals surface area contributed by atoms with Gasteiger partial charge in [0.15, 0.2) is 0 Å². The van der Waals surface area contributed by atoms with Crippen LogP contribution < -0.4 is 0 Å². The summed E-state index contributed by atoms with van der Waals surface area (Å²) in [5, 5.41) is 0.314. The van der Waals surface area contributed by atoms with Gasteiger partial charge in [0.25, 0.3) is 0 Å². The summed E-state index contributed by atoms with van der Waals surface area (Å²) in [5.41, 5.74) is 4.17. The molecule has 0 spiro atoms. The number of aromatic nitrogens is 2. The Morgan fingerprint density at radius 3 is 2.47 bits per heavy atom. The first-order valence-electron chi connectivity index (χ1n) is 5.68. The van der Waals surface area contributed by atoms with Gasteiger partial charge >= 0.3 is 0 Å². The fraction of sp³-hybridized carbons (Fsp3) is 0.286. The van der Waals surface area contributed by atoms with E-state index in [0.717, 1.165) is 17.0 Å². The summed E-state index contributed by atoms with van der Waals surface area (Å²) < 4.78 is 0. The van der Waals surface area contributed by atoms with Crippen molar-refractivity contribution in [2.24, 2.45) is 0 Å². The van der Waals surface area contributed by atoms with Gasteiger partial charge in [-0.3, -0.25) is 0 Å².